The van der Waals surface area contributed by atoms with Crippen LogP contribution in [0.3, 0.4) is 0 Å². The summed E-state index contributed by atoms with van der Waals surface area (Å²) >= 11 is 1.20. The molecule has 144 valence electrons. The second-order valence-corrected chi connectivity index (χ2v) is 9.11. The summed E-state index contributed by atoms with van der Waals surface area (Å²) in [7, 11) is -3.46. The van der Waals surface area contributed by atoms with E-state index in [0.29, 0.717) is 17.0 Å². The Bertz CT molecular complexity index is 991. The number of aryl methyl sites for hydroxylation is 1. The highest BCUT2D eigenvalue weighted by molar-refractivity contribution is 7.90. The third-order valence-electron chi connectivity index (χ3n) is 3.64. The molecular formula is C18H19NO6S2. The molecule has 1 aromatic heterocycles. The van der Waals surface area contributed by atoms with Crippen molar-refractivity contribution in [3.63, 3.8) is 0 Å². The van der Waals surface area contributed by atoms with Crippen molar-refractivity contribution < 1.29 is 27.5 Å². The van der Waals surface area contributed by atoms with Gasteiger partial charge in [-0.3, -0.25) is 9.59 Å². The number of thiophene rings is 1. The van der Waals surface area contributed by atoms with Gasteiger partial charge in [0, 0.05) is 18.1 Å². The summed E-state index contributed by atoms with van der Waals surface area (Å²) in [5, 5.41) is 2.64. The van der Waals surface area contributed by atoms with Crippen LogP contribution in [0.4, 0.5) is 0 Å². The normalized spacial score (nSPS) is 11.1. The van der Waals surface area contributed by atoms with E-state index in [1.807, 2.05) is 0 Å². The van der Waals surface area contributed by atoms with E-state index in [1.165, 1.54) is 36.5 Å². The third kappa shape index (κ3) is 5.73. The van der Waals surface area contributed by atoms with E-state index < -0.39 is 22.4 Å². The van der Waals surface area contributed by atoms with Crippen LogP contribution in [-0.2, 0) is 25.9 Å². The van der Waals surface area contributed by atoms with Crippen molar-refractivity contribution in [3.05, 3.63) is 51.2 Å². The van der Waals surface area contributed by atoms with Crippen molar-refractivity contribution >= 4 is 38.8 Å². The van der Waals surface area contributed by atoms with Crippen molar-refractivity contribution in [2.24, 2.45) is 0 Å². The number of sulfone groups is 1. The molecule has 0 fully saturated rings. The molecule has 9 heteroatoms. The standard InChI is InChI=1S/C18H19NO6S2/c1-11-4-6-14(27(3,23)24)8-15(11)18(22)25-10-16(21)17-7-5-13(26-17)9-19-12(2)20/h4-8H,9-10H2,1-3H3,(H,19,20). The molecule has 0 aliphatic heterocycles. The average molecular weight is 409 g/mol. The number of carbonyl (C=O) groups excluding carboxylic acids is 3. The lowest BCUT2D eigenvalue weighted by atomic mass is 10.1. The van der Waals surface area contributed by atoms with Crippen molar-refractivity contribution in [3.8, 4) is 0 Å². The minimum absolute atomic E-state index is 0.00671. The number of carbonyl (C=O) groups is 3. The first-order valence-corrected chi connectivity index (χ1v) is 10.6. The van der Waals surface area contributed by atoms with Crippen molar-refractivity contribution in [1.29, 1.82) is 0 Å². The van der Waals surface area contributed by atoms with Crippen LogP contribution in [-0.4, -0.2) is 38.9 Å². The molecule has 1 aromatic carbocycles. The topological polar surface area (TPSA) is 107 Å². The number of ether oxygens (including phenoxy) is 1. The SMILES string of the molecule is CC(=O)NCc1ccc(C(=O)COC(=O)c2cc(S(C)(=O)=O)ccc2C)s1. The Hall–Kier alpha value is -2.52. The molecule has 2 aromatic rings. The van der Waals surface area contributed by atoms with Gasteiger partial charge in [0.25, 0.3) is 0 Å². The van der Waals surface area contributed by atoms with Crippen LogP contribution in [0.5, 0.6) is 0 Å². The molecule has 0 bridgehead atoms. The summed E-state index contributed by atoms with van der Waals surface area (Å²) in [6.07, 6.45) is 1.05. The first kappa shape index (κ1) is 20.8. The van der Waals surface area contributed by atoms with Gasteiger partial charge in [0.15, 0.2) is 16.4 Å². The molecule has 0 atom stereocenters. The summed E-state index contributed by atoms with van der Waals surface area (Å²) in [6.45, 7) is 2.92. The Morgan fingerprint density at radius 3 is 2.48 bits per heavy atom. The van der Waals surface area contributed by atoms with E-state index in [4.69, 9.17) is 4.74 Å². The van der Waals surface area contributed by atoms with E-state index in [9.17, 15) is 22.8 Å². The Balaban J connectivity index is 2.03. The minimum atomic E-state index is -3.46. The summed E-state index contributed by atoms with van der Waals surface area (Å²) in [5.41, 5.74) is 0.650. The summed E-state index contributed by atoms with van der Waals surface area (Å²) in [5.74, 6) is -1.31. The second-order valence-electron chi connectivity index (χ2n) is 5.92. The van der Waals surface area contributed by atoms with Crippen LogP contribution in [0.25, 0.3) is 0 Å². The van der Waals surface area contributed by atoms with E-state index >= 15 is 0 Å². The van der Waals surface area contributed by atoms with Gasteiger partial charge in [-0.05, 0) is 36.8 Å². The van der Waals surface area contributed by atoms with E-state index in [-0.39, 0.29) is 22.1 Å². The maximum Gasteiger partial charge on any atom is 0.338 e. The van der Waals surface area contributed by atoms with Gasteiger partial charge in [-0.25, -0.2) is 13.2 Å². The fourth-order valence-corrected chi connectivity index (χ4v) is 3.68. The van der Waals surface area contributed by atoms with Crippen LogP contribution >= 0.6 is 11.3 Å². The predicted molar refractivity (Wildman–Crippen MR) is 101 cm³/mol. The molecule has 0 radical (unpaired) electrons. The Kier molecular flexibility index (Phi) is 6.50. The van der Waals surface area contributed by atoms with Crippen LogP contribution in [0.1, 0.15) is 37.4 Å². The molecule has 1 N–H and O–H groups in total. The largest absolute Gasteiger partial charge is 0.454 e. The molecule has 1 amide bonds. The molecule has 27 heavy (non-hydrogen) atoms. The lowest BCUT2D eigenvalue weighted by Crippen LogP contribution is -2.18. The van der Waals surface area contributed by atoms with Gasteiger partial charge in [-0.1, -0.05) is 6.07 Å². The van der Waals surface area contributed by atoms with Gasteiger partial charge in [0.05, 0.1) is 21.9 Å². The molecule has 0 aliphatic carbocycles. The fraction of sp³-hybridized carbons (Fsp3) is 0.278. The van der Waals surface area contributed by atoms with Crippen LogP contribution in [0.2, 0.25) is 0 Å². The molecule has 0 saturated carbocycles. The van der Waals surface area contributed by atoms with Gasteiger partial charge < -0.3 is 10.1 Å². The van der Waals surface area contributed by atoms with Gasteiger partial charge in [0.2, 0.25) is 11.7 Å². The molecular weight excluding hydrogens is 390 g/mol. The van der Waals surface area contributed by atoms with Crippen LogP contribution < -0.4 is 5.32 Å². The molecule has 0 spiro atoms. The van der Waals surface area contributed by atoms with E-state index in [0.717, 1.165) is 11.1 Å². The number of amides is 1. The summed E-state index contributed by atoms with van der Waals surface area (Å²) < 4.78 is 28.3. The molecule has 0 saturated heterocycles. The lowest BCUT2D eigenvalue weighted by Gasteiger charge is -2.08. The number of Topliss-reactive ketones (excluding diaryl/α,β-unsaturated/α-hetero) is 1. The van der Waals surface area contributed by atoms with E-state index in [1.54, 1.807) is 19.1 Å². The highest BCUT2D eigenvalue weighted by Gasteiger charge is 2.18. The monoisotopic (exact) mass is 409 g/mol. The molecule has 0 unspecified atom stereocenters. The second kappa shape index (κ2) is 8.45. The highest BCUT2D eigenvalue weighted by Crippen LogP contribution is 2.19. The Morgan fingerprint density at radius 1 is 1.15 bits per heavy atom. The highest BCUT2D eigenvalue weighted by atomic mass is 32.2. The Morgan fingerprint density at radius 2 is 1.85 bits per heavy atom. The number of esters is 1. The Labute approximate surface area is 161 Å². The predicted octanol–water partition coefficient (Wildman–Crippen LogP) is 2.14. The lowest BCUT2D eigenvalue weighted by molar-refractivity contribution is -0.119. The van der Waals surface area contributed by atoms with Crippen molar-refractivity contribution in [2.75, 3.05) is 12.9 Å². The summed E-state index contributed by atoms with van der Waals surface area (Å²) in [6, 6.07) is 7.49. The number of nitrogens with one attached hydrogen (secondary N) is 1. The molecule has 0 aliphatic rings. The maximum absolute atomic E-state index is 12.2. The number of hydrogen-bond acceptors (Lipinski definition) is 7. The first-order chi connectivity index (χ1) is 12.6. The zero-order valence-electron chi connectivity index (χ0n) is 15.1. The maximum atomic E-state index is 12.2. The van der Waals surface area contributed by atoms with Crippen LogP contribution in [0, 0.1) is 6.92 Å². The quantitative estimate of drug-likeness (QED) is 0.555. The minimum Gasteiger partial charge on any atom is -0.454 e. The number of ketones is 1. The molecule has 2 rings (SSSR count). The summed E-state index contributed by atoms with van der Waals surface area (Å²) in [4.78, 5) is 36.6. The average Bonchev–Trinajstić information content (AvgIpc) is 3.06. The number of benzene rings is 1. The van der Waals surface area contributed by atoms with Crippen molar-refractivity contribution in [2.45, 2.75) is 25.3 Å². The smallest absolute Gasteiger partial charge is 0.338 e. The zero-order chi connectivity index (χ0) is 20.2. The fourth-order valence-electron chi connectivity index (χ4n) is 2.17. The number of rotatable bonds is 7. The van der Waals surface area contributed by atoms with Crippen LogP contribution in [0.15, 0.2) is 35.2 Å². The van der Waals surface area contributed by atoms with E-state index in [2.05, 4.69) is 5.32 Å². The zero-order valence-corrected chi connectivity index (χ0v) is 16.7. The number of hydrogen-bond donors (Lipinski definition) is 1. The van der Waals surface area contributed by atoms with Gasteiger partial charge in [0.1, 0.15) is 0 Å². The van der Waals surface area contributed by atoms with Gasteiger partial charge >= 0.3 is 5.97 Å². The molecule has 7 nitrogen and oxygen atoms in total. The van der Waals surface area contributed by atoms with Gasteiger partial charge in [-0.15, -0.1) is 11.3 Å². The van der Waals surface area contributed by atoms with Crippen molar-refractivity contribution in [1.82, 2.24) is 5.32 Å². The first-order valence-electron chi connectivity index (χ1n) is 7.92. The molecule has 1 heterocycles. The van der Waals surface area contributed by atoms with Gasteiger partial charge in [-0.2, -0.15) is 0 Å². The third-order valence-corrected chi connectivity index (χ3v) is 5.88.